The number of nitrogens with two attached hydrogens (primary N) is 1. The third kappa shape index (κ3) is 1.62. The van der Waals surface area contributed by atoms with Gasteiger partial charge in [-0.1, -0.05) is 13.8 Å². The lowest BCUT2D eigenvalue weighted by molar-refractivity contribution is -0.151. The molecule has 4 saturated carbocycles. The predicted octanol–water partition coefficient (Wildman–Crippen LogP) is 3.75. The van der Waals surface area contributed by atoms with Crippen molar-refractivity contribution in [2.75, 3.05) is 0 Å². The van der Waals surface area contributed by atoms with Crippen molar-refractivity contribution in [2.24, 2.45) is 27.9 Å². The Morgan fingerprint density at radius 3 is 1.88 bits per heavy atom. The first-order chi connectivity index (χ1) is 6.85. The molecule has 0 radical (unpaired) electrons. The smallest absolute Gasteiger partial charge is 0.00675 e. The Balaban J connectivity index is 0.000000963. The summed E-state index contributed by atoms with van der Waals surface area (Å²) >= 11 is 0. The lowest BCUT2D eigenvalue weighted by atomic mass is 9.39. The molecule has 4 aliphatic carbocycles. The zero-order chi connectivity index (χ0) is 10.9. The van der Waals surface area contributed by atoms with Crippen LogP contribution >= 0.6 is 12.4 Å². The Kier molecular flexibility index (Phi) is 2.69. The van der Waals surface area contributed by atoms with E-state index in [1.165, 1.54) is 38.5 Å². The molecule has 3 unspecified atom stereocenters. The molecule has 0 aliphatic heterocycles. The minimum absolute atomic E-state index is 0. The van der Waals surface area contributed by atoms with Crippen LogP contribution in [0.1, 0.15) is 59.3 Å². The van der Waals surface area contributed by atoms with Crippen LogP contribution in [-0.2, 0) is 0 Å². The van der Waals surface area contributed by atoms with E-state index in [0.717, 1.165) is 5.92 Å². The van der Waals surface area contributed by atoms with E-state index < -0.39 is 0 Å². The summed E-state index contributed by atoms with van der Waals surface area (Å²) in [5.41, 5.74) is 8.07. The Morgan fingerprint density at radius 1 is 1.00 bits per heavy atom. The monoisotopic (exact) mass is 243 g/mol. The Labute approximate surface area is 106 Å². The molecule has 0 aromatic rings. The van der Waals surface area contributed by atoms with Crippen LogP contribution in [0.15, 0.2) is 0 Å². The number of halogens is 1. The quantitative estimate of drug-likeness (QED) is 0.746. The fraction of sp³-hybridized carbons (Fsp3) is 1.00. The second-order valence-corrected chi connectivity index (χ2v) is 7.78. The Bertz CT molecular complexity index is 281. The van der Waals surface area contributed by atoms with Gasteiger partial charge < -0.3 is 5.73 Å². The topological polar surface area (TPSA) is 26.0 Å². The van der Waals surface area contributed by atoms with Crippen LogP contribution in [0.25, 0.3) is 0 Å². The molecule has 0 heterocycles. The molecule has 16 heavy (non-hydrogen) atoms. The fourth-order valence-corrected chi connectivity index (χ4v) is 6.04. The largest absolute Gasteiger partial charge is 0.327 e. The van der Waals surface area contributed by atoms with Gasteiger partial charge in [0.25, 0.3) is 0 Å². The molecular formula is C14H26ClN. The molecule has 0 spiro atoms. The molecule has 3 atom stereocenters. The van der Waals surface area contributed by atoms with Crippen LogP contribution in [0.3, 0.4) is 0 Å². The maximum Gasteiger partial charge on any atom is 0.00675 e. The van der Waals surface area contributed by atoms with Crippen molar-refractivity contribution in [1.29, 1.82) is 0 Å². The van der Waals surface area contributed by atoms with Crippen LogP contribution in [0.4, 0.5) is 0 Å². The van der Waals surface area contributed by atoms with Crippen molar-refractivity contribution in [3.8, 4) is 0 Å². The van der Waals surface area contributed by atoms with Crippen LogP contribution in [0.2, 0.25) is 0 Å². The highest BCUT2D eigenvalue weighted by Gasteiger charge is 2.60. The average Bonchev–Trinajstić information content (AvgIpc) is 1.95. The van der Waals surface area contributed by atoms with Gasteiger partial charge in [0.05, 0.1) is 0 Å². The summed E-state index contributed by atoms with van der Waals surface area (Å²) in [5, 5.41) is 0. The van der Waals surface area contributed by atoms with Gasteiger partial charge in [0.15, 0.2) is 0 Å². The van der Waals surface area contributed by atoms with Crippen LogP contribution in [-0.4, -0.2) is 6.04 Å². The SMILES string of the molecule is CC(N)C12CC3CC(C)(CC(C)(C3)C1)C2.Cl. The average molecular weight is 244 g/mol. The van der Waals surface area contributed by atoms with E-state index in [4.69, 9.17) is 5.73 Å². The summed E-state index contributed by atoms with van der Waals surface area (Å²) in [5.74, 6) is 0.988. The van der Waals surface area contributed by atoms with E-state index in [-0.39, 0.29) is 12.4 Å². The van der Waals surface area contributed by atoms with Crippen molar-refractivity contribution in [1.82, 2.24) is 0 Å². The van der Waals surface area contributed by atoms with E-state index in [0.29, 0.717) is 22.3 Å². The van der Waals surface area contributed by atoms with E-state index >= 15 is 0 Å². The number of hydrogen-bond donors (Lipinski definition) is 1. The third-order valence-corrected chi connectivity index (χ3v) is 5.64. The van der Waals surface area contributed by atoms with Gasteiger partial charge in [0.1, 0.15) is 0 Å². The standard InChI is InChI=1S/C14H25N.ClH/c1-10(15)14-6-11-4-12(2,8-14)7-13(3,5-11)9-14;/h10-11H,4-9,15H2,1-3H3;1H. The van der Waals surface area contributed by atoms with Crippen LogP contribution in [0.5, 0.6) is 0 Å². The lowest BCUT2D eigenvalue weighted by Gasteiger charge is -2.66. The van der Waals surface area contributed by atoms with Gasteiger partial charge in [-0.2, -0.15) is 0 Å². The van der Waals surface area contributed by atoms with Crippen molar-refractivity contribution in [3.63, 3.8) is 0 Å². The number of rotatable bonds is 1. The second-order valence-electron chi connectivity index (χ2n) is 7.78. The molecule has 94 valence electrons. The lowest BCUT2D eigenvalue weighted by Crippen LogP contribution is -2.59. The van der Waals surface area contributed by atoms with Gasteiger partial charge in [-0.25, -0.2) is 0 Å². The van der Waals surface area contributed by atoms with E-state index in [1.807, 2.05) is 0 Å². The molecular weight excluding hydrogens is 218 g/mol. The third-order valence-electron chi connectivity index (χ3n) is 5.64. The molecule has 1 nitrogen and oxygen atoms in total. The summed E-state index contributed by atoms with van der Waals surface area (Å²) in [6.45, 7) is 7.29. The zero-order valence-corrected chi connectivity index (χ0v) is 11.7. The summed E-state index contributed by atoms with van der Waals surface area (Å²) < 4.78 is 0. The van der Waals surface area contributed by atoms with Crippen molar-refractivity contribution < 1.29 is 0 Å². The molecule has 0 saturated heterocycles. The van der Waals surface area contributed by atoms with Crippen LogP contribution < -0.4 is 5.73 Å². The van der Waals surface area contributed by atoms with E-state index in [9.17, 15) is 0 Å². The molecule has 2 N–H and O–H groups in total. The second kappa shape index (κ2) is 3.38. The minimum Gasteiger partial charge on any atom is -0.327 e. The highest BCUT2D eigenvalue weighted by Crippen LogP contribution is 2.70. The van der Waals surface area contributed by atoms with Crippen LogP contribution in [0, 0.1) is 22.2 Å². The normalized spacial score (nSPS) is 55.9. The summed E-state index contributed by atoms with van der Waals surface area (Å²) in [6.07, 6.45) is 8.67. The van der Waals surface area contributed by atoms with E-state index in [1.54, 1.807) is 0 Å². The minimum atomic E-state index is 0. The molecule has 4 fully saturated rings. The first-order valence-corrected chi connectivity index (χ1v) is 6.61. The maximum absolute atomic E-state index is 6.31. The first kappa shape index (κ1) is 12.7. The fourth-order valence-electron chi connectivity index (χ4n) is 6.04. The maximum atomic E-state index is 6.31. The van der Waals surface area contributed by atoms with Crippen molar-refractivity contribution >= 4 is 12.4 Å². The molecule has 0 aromatic carbocycles. The predicted molar refractivity (Wildman–Crippen MR) is 70.7 cm³/mol. The van der Waals surface area contributed by atoms with Gasteiger partial charge in [0.2, 0.25) is 0 Å². The summed E-state index contributed by atoms with van der Waals surface area (Å²) in [4.78, 5) is 0. The van der Waals surface area contributed by atoms with Crippen molar-refractivity contribution in [3.05, 3.63) is 0 Å². The molecule has 4 bridgehead atoms. The summed E-state index contributed by atoms with van der Waals surface area (Å²) in [7, 11) is 0. The molecule has 0 amide bonds. The Morgan fingerprint density at radius 2 is 1.50 bits per heavy atom. The van der Waals surface area contributed by atoms with Gasteiger partial charge in [-0.05, 0) is 67.6 Å². The van der Waals surface area contributed by atoms with Gasteiger partial charge in [-0.3, -0.25) is 0 Å². The molecule has 2 heteroatoms. The molecule has 0 aromatic heterocycles. The van der Waals surface area contributed by atoms with Crippen molar-refractivity contribution in [2.45, 2.75) is 65.3 Å². The zero-order valence-electron chi connectivity index (χ0n) is 10.9. The van der Waals surface area contributed by atoms with E-state index in [2.05, 4.69) is 20.8 Å². The first-order valence-electron chi connectivity index (χ1n) is 6.61. The van der Waals surface area contributed by atoms with Gasteiger partial charge >= 0.3 is 0 Å². The number of hydrogen-bond acceptors (Lipinski definition) is 1. The summed E-state index contributed by atoms with van der Waals surface area (Å²) in [6, 6.07) is 0.402. The molecule has 4 rings (SSSR count). The molecule has 4 aliphatic rings. The highest BCUT2D eigenvalue weighted by molar-refractivity contribution is 5.85. The highest BCUT2D eigenvalue weighted by atomic mass is 35.5. The van der Waals surface area contributed by atoms with Gasteiger partial charge in [0, 0.05) is 6.04 Å². The van der Waals surface area contributed by atoms with Gasteiger partial charge in [-0.15, -0.1) is 12.4 Å². The Hall–Kier alpha value is 0.250.